The number of methoxy groups -OCH3 is 1. The van der Waals surface area contributed by atoms with Gasteiger partial charge < -0.3 is 9.64 Å². The number of likely N-dealkylation sites (tertiary alicyclic amines) is 1. The lowest BCUT2D eigenvalue weighted by Gasteiger charge is -2.31. The molecule has 1 aromatic carbocycles. The smallest absolute Gasteiger partial charge is 0.264 e. The van der Waals surface area contributed by atoms with Crippen LogP contribution in [0, 0.1) is 0 Å². The van der Waals surface area contributed by atoms with Crippen LogP contribution in [0.15, 0.2) is 41.6 Å². The summed E-state index contributed by atoms with van der Waals surface area (Å²) < 4.78 is 8.67. The highest BCUT2D eigenvalue weighted by Gasteiger charge is 2.22. The van der Waals surface area contributed by atoms with Crippen LogP contribution in [0.25, 0.3) is 16.7 Å². The maximum Gasteiger partial charge on any atom is 0.264 e. The molecule has 7 heteroatoms. The molecule has 3 aromatic rings. The molecule has 0 bridgehead atoms. The van der Waals surface area contributed by atoms with Crippen molar-refractivity contribution in [2.75, 3.05) is 26.7 Å². The van der Waals surface area contributed by atoms with Crippen LogP contribution in [0.5, 0.6) is 5.75 Å². The molecule has 1 aliphatic rings. The molecule has 7 nitrogen and oxygen atoms in total. The molecule has 0 saturated carbocycles. The number of fused-ring (bicyclic) bond motifs is 1. The Labute approximate surface area is 151 Å². The maximum atomic E-state index is 13.0. The van der Waals surface area contributed by atoms with Crippen molar-refractivity contribution < 1.29 is 4.74 Å². The highest BCUT2D eigenvalue weighted by atomic mass is 16.5. The maximum absolute atomic E-state index is 13.0. The van der Waals surface area contributed by atoms with Gasteiger partial charge in [0.25, 0.3) is 5.56 Å². The van der Waals surface area contributed by atoms with E-state index in [0.29, 0.717) is 11.0 Å². The zero-order chi connectivity index (χ0) is 18.1. The van der Waals surface area contributed by atoms with Gasteiger partial charge in [-0.1, -0.05) is 6.92 Å². The Morgan fingerprint density at radius 3 is 2.58 bits per heavy atom. The Morgan fingerprint density at radius 1 is 1.19 bits per heavy atom. The number of rotatable bonds is 4. The normalized spacial score (nSPS) is 16.2. The lowest BCUT2D eigenvalue weighted by molar-refractivity contribution is 0.192. The Bertz CT molecular complexity index is 952. The summed E-state index contributed by atoms with van der Waals surface area (Å²) in [5.74, 6) is 0.777. The Hall–Kier alpha value is -2.67. The second-order valence-corrected chi connectivity index (χ2v) is 6.61. The molecule has 26 heavy (non-hydrogen) atoms. The first-order chi connectivity index (χ1) is 12.7. The molecule has 0 radical (unpaired) electrons. The van der Waals surface area contributed by atoms with Crippen molar-refractivity contribution in [2.24, 2.45) is 0 Å². The van der Waals surface area contributed by atoms with Gasteiger partial charge in [0.05, 0.1) is 19.0 Å². The third-order valence-electron chi connectivity index (χ3n) is 5.23. The van der Waals surface area contributed by atoms with E-state index in [1.807, 2.05) is 24.3 Å². The predicted octanol–water partition coefficient (Wildman–Crippen LogP) is 2.25. The van der Waals surface area contributed by atoms with Crippen LogP contribution >= 0.6 is 0 Å². The summed E-state index contributed by atoms with van der Waals surface area (Å²) in [7, 11) is 1.63. The molecule has 4 rings (SSSR count). The largest absolute Gasteiger partial charge is 0.497 e. The minimum absolute atomic E-state index is 0.00953. The third kappa shape index (κ3) is 2.88. The molecule has 0 spiro atoms. The number of hydrogen-bond acceptors (Lipinski definition) is 5. The number of ether oxygens (including phenoxy) is 1. The summed E-state index contributed by atoms with van der Waals surface area (Å²) in [6.45, 7) is 5.29. The summed E-state index contributed by atoms with van der Waals surface area (Å²) in [6, 6.07) is 7.75. The van der Waals surface area contributed by atoms with Crippen LogP contribution in [0.1, 0.15) is 25.8 Å². The standard InChI is InChI=1S/C19H23N5O2/c1-3-22-10-8-14(9-11-22)23-13-20-18-17(19(23)25)12-21-24(18)15-4-6-16(26-2)7-5-15/h4-7,12-14H,3,8-11H2,1-2H3. The molecule has 0 unspecified atom stereocenters. The summed E-state index contributed by atoms with van der Waals surface area (Å²) in [4.78, 5) is 19.9. The molecule has 1 aliphatic heterocycles. The van der Waals surface area contributed by atoms with Crippen LogP contribution < -0.4 is 10.3 Å². The van der Waals surface area contributed by atoms with Crippen molar-refractivity contribution in [3.63, 3.8) is 0 Å². The van der Waals surface area contributed by atoms with Gasteiger partial charge in [-0.25, -0.2) is 9.67 Å². The van der Waals surface area contributed by atoms with Gasteiger partial charge in [0.1, 0.15) is 17.5 Å². The van der Waals surface area contributed by atoms with E-state index in [1.54, 1.807) is 28.9 Å². The Morgan fingerprint density at radius 2 is 1.92 bits per heavy atom. The quantitative estimate of drug-likeness (QED) is 0.720. The van der Waals surface area contributed by atoms with E-state index < -0.39 is 0 Å². The lowest BCUT2D eigenvalue weighted by atomic mass is 10.0. The van der Waals surface area contributed by atoms with Gasteiger partial charge in [-0.2, -0.15) is 5.10 Å². The minimum Gasteiger partial charge on any atom is -0.497 e. The summed E-state index contributed by atoms with van der Waals surface area (Å²) in [5, 5.41) is 4.94. The lowest BCUT2D eigenvalue weighted by Crippen LogP contribution is -2.37. The molecule has 3 heterocycles. The van der Waals surface area contributed by atoms with Crippen molar-refractivity contribution in [3.05, 3.63) is 47.1 Å². The zero-order valence-electron chi connectivity index (χ0n) is 15.1. The fourth-order valence-corrected chi connectivity index (χ4v) is 3.61. The van der Waals surface area contributed by atoms with Crippen LogP contribution in [0.4, 0.5) is 0 Å². The number of hydrogen-bond donors (Lipinski definition) is 0. The average molecular weight is 353 g/mol. The first-order valence-electron chi connectivity index (χ1n) is 9.03. The van der Waals surface area contributed by atoms with Gasteiger partial charge in [-0.05, 0) is 43.7 Å². The van der Waals surface area contributed by atoms with Gasteiger partial charge in [-0.3, -0.25) is 9.36 Å². The number of aromatic nitrogens is 4. The van der Waals surface area contributed by atoms with Crippen molar-refractivity contribution in [3.8, 4) is 11.4 Å². The van der Waals surface area contributed by atoms with Gasteiger partial charge in [-0.15, -0.1) is 0 Å². The summed E-state index contributed by atoms with van der Waals surface area (Å²) >= 11 is 0. The molecule has 0 amide bonds. The number of piperidine rings is 1. The fraction of sp³-hybridized carbons (Fsp3) is 0.421. The number of nitrogens with zero attached hydrogens (tertiary/aromatic N) is 5. The van der Waals surface area contributed by atoms with Gasteiger partial charge in [0.2, 0.25) is 0 Å². The molecule has 2 aromatic heterocycles. The van der Waals surface area contributed by atoms with E-state index in [4.69, 9.17) is 4.74 Å². The highest BCUT2D eigenvalue weighted by Crippen LogP contribution is 2.22. The van der Waals surface area contributed by atoms with Gasteiger partial charge in [0, 0.05) is 19.1 Å². The predicted molar refractivity (Wildman–Crippen MR) is 100 cm³/mol. The van der Waals surface area contributed by atoms with E-state index >= 15 is 0 Å². The van der Waals surface area contributed by atoms with E-state index in [2.05, 4.69) is 21.9 Å². The zero-order valence-corrected chi connectivity index (χ0v) is 15.1. The first kappa shape index (κ1) is 16.8. The fourth-order valence-electron chi connectivity index (χ4n) is 3.61. The van der Waals surface area contributed by atoms with E-state index in [-0.39, 0.29) is 11.6 Å². The van der Waals surface area contributed by atoms with Gasteiger partial charge in [0.15, 0.2) is 5.65 Å². The Balaban J connectivity index is 1.68. The SMILES string of the molecule is CCN1CCC(n2cnc3c(cnn3-c3ccc(OC)cc3)c2=O)CC1. The molecular weight excluding hydrogens is 330 g/mol. The summed E-state index contributed by atoms with van der Waals surface area (Å²) in [5.41, 5.74) is 1.42. The van der Waals surface area contributed by atoms with Crippen molar-refractivity contribution >= 4 is 11.0 Å². The average Bonchev–Trinajstić information content (AvgIpc) is 3.13. The molecule has 1 fully saturated rings. The highest BCUT2D eigenvalue weighted by molar-refractivity contribution is 5.75. The molecule has 0 aliphatic carbocycles. The molecule has 0 atom stereocenters. The second kappa shape index (κ2) is 6.92. The number of benzene rings is 1. The first-order valence-corrected chi connectivity index (χ1v) is 9.03. The van der Waals surface area contributed by atoms with Crippen LogP contribution in [0.3, 0.4) is 0 Å². The van der Waals surface area contributed by atoms with Crippen molar-refractivity contribution in [2.45, 2.75) is 25.8 Å². The van der Waals surface area contributed by atoms with E-state index in [1.165, 1.54) is 0 Å². The van der Waals surface area contributed by atoms with Gasteiger partial charge >= 0.3 is 0 Å². The van der Waals surface area contributed by atoms with Crippen LogP contribution in [-0.2, 0) is 0 Å². The van der Waals surface area contributed by atoms with Crippen LogP contribution in [0.2, 0.25) is 0 Å². The van der Waals surface area contributed by atoms with E-state index in [0.717, 1.165) is 43.9 Å². The third-order valence-corrected chi connectivity index (χ3v) is 5.23. The van der Waals surface area contributed by atoms with Crippen molar-refractivity contribution in [1.82, 2.24) is 24.2 Å². The molecule has 1 saturated heterocycles. The van der Waals surface area contributed by atoms with Crippen LogP contribution in [-0.4, -0.2) is 51.0 Å². The Kier molecular flexibility index (Phi) is 4.46. The minimum atomic E-state index is -0.00953. The topological polar surface area (TPSA) is 65.2 Å². The monoisotopic (exact) mass is 353 g/mol. The molecule has 0 N–H and O–H groups in total. The summed E-state index contributed by atoms with van der Waals surface area (Å²) in [6.07, 6.45) is 5.26. The van der Waals surface area contributed by atoms with Crippen molar-refractivity contribution in [1.29, 1.82) is 0 Å². The molecular formula is C19H23N5O2. The second-order valence-electron chi connectivity index (χ2n) is 6.61. The molecule has 136 valence electrons. The van der Waals surface area contributed by atoms with E-state index in [9.17, 15) is 4.79 Å².